The van der Waals surface area contributed by atoms with Crippen LogP contribution in [0.5, 0.6) is 17.2 Å². The Hall–Kier alpha value is -3.63. The van der Waals surface area contributed by atoms with Gasteiger partial charge in [0, 0.05) is 26.2 Å². The molecule has 4 rings (SSSR count). The van der Waals surface area contributed by atoms with Gasteiger partial charge < -0.3 is 29.9 Å². The molecule has 1 spiro atoms. The Morgan fingerprint density at radius 3 is 2.30 bits per heavy atom. The first-order valence-electron chi connectivity index (χ1n) is 15.4. The van der Waals surface area contributed by atoms with E-state index in [2.05, 4.69) is 17.1 Å². The van der Waals surface area contributed by atoms with E-state index in [1.54, 1.807) is 11.0 Å². The van der Waals surface area contributed by atoms with Crippen molar-refractivity contribution in [1.82, 2.24) is 15.1 Å². The van der Waals surface area contributed by atoms with Crippen LogP contribution in [0.1, 0.15) is 75.2 Å². The van der Waals surface area contributed by atoms with Gasteiger partial charge in [0.2, 0.25) is 11.8 Å². The number of carbonyl (C=O) groups is 3. The molecule has 234 valence electrons. The standard InChI is InChI=1S/C33H45N3O7/c1-5-8-17-36-30(38)28(29(37)23(6-2)7-3)34-32(41)33(36)15-18-35(19-16-33)21-22-9-12-25(13-10-22)43-26-14-11-24(31(39)40)20-27(26)42-4/h9-14,20,23,28-29,37H,5-8,15-19,21H2,1-4H3,(H,34,41)(H,39,40)/t28-,29-/m1/s1. The van der Waals surface area contributed by atoms with Gasteiger partial charge in [-0.1, -0.05) is 52.2 Å². The predicted octanol–water partition coefficient (Wildman–Crippen LogP) is 4.44. The number of aliphatic hydroxyl groups excluding tert-OH is 1. The van der Waals surface area contributed by atoms with Crippen LogP contribution in [0, 0.1) is 5.92 Å². The SMILES string of the molecule is CCCCN1C(=O)[C@@H]([C@H](O)C(CC)CC)NC(=O)C12CCN(Cc1ccc(Oc3ccc(C(=O)O)cc3OC)cc1)CC2. The van der Waals surface area contributed by atoms with Crippen molar-refractivity contribution >= 4 is 17.8 Å². The summed E-state index contributed by atoms with van der Waals surface area (Å²) in [4.78, 5) is 42.7. The van der Waals surface area contributed by atoms with Gasteiger partial charge in [0.25, 0.3) is 0 Å². The van der Waals surface area contributed by atoms with Crippen LogP contribution in [0.4, 0.5) is 0 Å². The molecule has 2 fully saturated rings. The fraction of sp³-hybridized carbons (Fsp3) is 0.545. The van der Waals surface area contributed by atoms with Gasteiger partial charge in [-0.3, -0.25) is 14.5 Å². The Morgan fingerprint density at radius 2 is 1.72 bits per heavy atom. The molecule has 2 amide bonds. The van der Waals surface area contributed by atoms with Crippen LogP contribution in [0.15, 0.2) is 42.5 Å². The first-order chi connectivity index (χ1) is 20.7. The molecule has 2 aromatic carbocycles. The van der Waals surface area contributed by atoms with Gasteiger partial charge in [0.1, 0.15) is 17.3 Å². The Balaban J connectivity index is 1.40. The second kappa shape index (κ2) is 14.2. The minimum atomic E-state index is -1.04. The number of piperidine rings is 1. The Kier molecular flexibility index (Phi) is 10.7. The number of likely N-dealkylation sites (tertiary alicyclic amines) is 1. The number of piperazine rings is 1. The lowest BCUT2D eigenvalue weighted by Gasteiger charge is -2.52. The summed E-state index contributed by atoms with van der Waals surface area (Å²) in [7, 11) is 1.46. The van der Waals surface area contributed by atoms with Crippen LogP contribution in [0.2, 0.25) is 0 Å². The van der Waals surface area contributed by atoms with Gasteiger partial charge in [-0.2, -0.15) is 0 Å². The van der Waals surface area contributed by atoms with Gasteiger partial charge >= 0.3 is 5.97 Å². The van der Waals surface area contributed by atoms with Crippen molar-refractivity contribution in [2.75, 3.05) is 26.7 Å². The summed E-state index contributed by atoms with van der Waals surface area (Å²) in [6.45, 7) is 8.59. The fourth-order valence-electron chi connectivity index (χ4n) is 6.27. The Morgan fingerprint density at radius 1 is 1.05 bits per heavy atom. The number of carboxylic acid groups (broad SMARTS) is 1. The molecular formula is C33H45N3O7. The molecule has 3 N–H and O–H groups in total. The minimum Gasteiger partial charge on any atom is -0.493 e. The van der Waals surface area contributed by atoms with Crippen LogP contribution < -0.4 is 14.8 Å². The van der Waals surface area contributed by atoms with Crippen molar-refractivity contribution in [2.24, 2.45) is 5.92 Å². The summed E-state index contributed by atoms with van der Waals surface area (Å²) in [5, 5.41) is 23.2. The molecule has 10 nitrogen and oxygen atoms in total. The zero-order valence-electron chi connectivity index (χ0n) is 25.7. The van der Waals surface area contributed by atoms with Crippen molar-refractivity contribution < 1.29 is 34.1 Å². The lowest BCUT2D eigenvalue weighted by Crippen LogP contribution is -2.75. The van der Waals surface area contributed by atoms with E-state index in [0.717, 1.165) is 31.2 Å². The molecule has 0 aromatic heterocycles. The number of nitrogens with zero attached hydrogens (tertiary/aromatic N) is 2. The Bertz CT molecular complexity index is 1270. The van der Waals surface area contributed by atoms with Crippen molar-refractivity contribution in [2.45, 2.75) is 83.5 Å². The highest BCUT2D eigenvalue weighted by atomic mass is 16.5. The maximum Gasteiger partial charge on any atom is 0.335 e. The highest BCUT2D eigenvalue weighted by Crippen LogP contribution is 2.36. The van der Waals surface area contributed by atoms with Gasteiger partial charge in [-0.15, -0.1) is 0 Å². The average Bonchev–Trinajstić information content (AvgIpc) is 3.01. The van der Waals surface area contributed by atoms with Crippen molar-refractivity contribution in [1.29, 1.82) is 0 Å². The lowest BCUT2D eigenvalue weighted by molar-refractivity contribution is -0.165. The van der Waals surface area contributed by atoms with E-state index in [0.29, 0.717) is 56.3 Å². The van der Waals surface area contributed by atoms with Crippen molar-refractivity contribution in [3.63, 3.8) is 0 Å². The van der Waals surface area contributed by atoms with E-state index in [-0.39, 0.29) is 23.3 Å². The molecule has 0 aliphatic carbocycles. The molecule has 2 aliphatic rings. The van der Waals surface area contributed by atoms with E-state index in [1.165, 1.54) is 19.2 Å². The molecule has 10 heteroatoms. The summed E-state index contributed by atoms with van der Waals surface area (Å²) in [5.41, 5.74) is 0.308. The molecule has 0 bridgehead atoms. The summed E-state index contributed by atoms with van der Waals surface area (Å²) in [5.74, 6) is -0.0459. The first kappa shape index (κ1) is 32.3. The van der Waals surface area contributed by atoms with E-state index >= 15 is 0 Å². The number of methoxy groups -OCH3 is 1. The quantitative estimate of drug-likeness (QED) is 0.310. The highest BCUT2D eigenvalue weighted by molar-refractivity contribution is 6.00. The average molecular weight is 596 g/mol. The minimum absolute atomic E-state index is 0.0468. The topological polar surface area (TPSA) is 129 Å². The monoisotopic (exact) mass is 595 g/mol. The number of hydrogen-bond donors (Lipinski definition) is 3. The molecule has 0 radical (unpaired) electrons. The van der Waals surface area contributed by atoms with Crippen LogP contribution in [-0.2, 0) is 16.1 Å². The summed E-state index contributed by atoms with van der Waals surface area (Å²) in [6.07, 6.45) is 3.38. The molecule has 0 unspecified atom stereocenters. The van der Waals surface area contributed by atoms with E-state index < -0.39 is 23.7 Å². The van der Waals surface area contributed by atoms with Gasteiger partial charge in [0.15, 0.2) is 11.5 Å². The number of ether oxygens (including phenoxy) is 2. The van der Waals surface area contributed by atoms with Crippen molar-refractivity contribution in [3.05, 3.63) is 53.6 Å². The van der Waals surface area contributed by atoms with Gasteiger partial charge in [-0.05, 0) is 61.1 Å². The smallest absolute Gasteiger partial charge is 0.335 e. The number of hydrogen-bond acceptors (Lipinski definition) is 7. The fourth-order valence-corrected chi connectivity index (χ4v) is 6.27. The zero-order chi connectivity index (χ0) is 31.1. The number of aromatic carboxylic acids is 1. The maximum atomic E-state index is 13.7. The maximum absolute atomic E-state index is 13.7. The van der Waals surface area contributed by atoms with Crippen molar-refractivity contribution in [3.8, 4) is 17.2 Å². The molecule has 2 saturated heterocycles. The largest absolute Gasteiger partial charge is 0.493 e. The summed E-state index contributed by atoms with van der Waals surface area (Å²) < 4.78 is 11.2. The molecule has 43 heavy (non-hydrogen) atoms. The normalized spacial score (nSPS) is 19.4. The number of carboxylic acids is 1. The number of unbranched alkanes of at least 4 members (excludes halogenated alkanes) is 1. The summed E-state index contributed by atoms with van der Waals surface area (Å²) >= 11 is 0. The number of rotatable bonds is 13. The van der Waals surface area contributed by atoms with Crippen LogP contribution >= 0.6 is 0 Å². The molecular weight excluding hydrogens is 550 g/mol. The third-order valence-electron chi connectivity index (χ3n) is 9.02. The second-order valence-corrected chi connectivity index (χ2v) is 11.6. The second-order valence-electron chi connectivity index (χ2n) is 11.6. The molecule has 0 saturated carbocycles. The third-order valence-corrected chi connectivity index (χ3v) is 9.02. The highest BCUT2D eigenvalue weighted by Gasteiger charge is 2.55. The molecule has 2 aliphatic heterocycles. The third kappa shape index (κ3) is 6.96. The van der Waals surface area contributed by atoms with Crippen LogP contribution in [0.3, 0.4) is 0 Å². The first-order valence-corrected chi connectivity index (χ1v) is 15.4. The number of aliphatic hydroxyl groups is 1. The number of carbonyl (C=O) groups excluding carboxylic acids is 2. The Labute approximate surface area is 254 Å². The number of amides is 2. The lowest BCUT2D eigenvalue weighted by atomic mass is 9.79. The van der Waals surface area contributed by atoms with E-state index in [4.69, 9.17) is 9.47 Å². The van der Waals surface area contributed by atoms with Crippen LogP contribution in [0.25, 0.3) is 0 Å². The van der Waals surface area contributed by atoms with E-state index in [9.17, 15) is 24.6 Å². The predicted molar refractivity (Wildman–Crippen MR) is 162 cm³/mol. The molecule has 2 atom stereocenters. The number of benzene rings is 2. The summed E-state index contributed by atoms with van der Waals surface area (Å²) in [6, 6.07) is 11.2. The number of nitrogens with one attached hydrogen (secondary N) is 1. The van der Waals surface area contributed by atoms with Gasteiger partial charge in [0.05, 0.1) is 18.8 Å². The molecule has 2 heterocycles. The van der Waals surface area contributed by atoms with Gasteiger partial charge in [-0.25, -0.2) is 4.79 Å². The zero-order valence-corrected chi connectivity index (χ0v) is 25.7. The van der Waals surface area contributed by atoms with E-state index in [1.807, 2.05) is 38.1 Å². The van der Waals surface area contributed by atoms with Crippen LogP contribution in [-0.4, -0.2) is 82.2 Å². The molecule has 2 aromatic rings.